The van der Waals surface area contributed by atoms with Crippen molar-refractivity contribution in [3.63, 3.8) is 0 Å². The number of rotatable bonds is 3. The van der Waals surface area contributed by atoms with Crippen molar-refractivity contribution >= 4 is 27.9 Å². The SMILES string of the molecule is Cc1ccc(-c2csc3ncc(NC(=O)c4ccccc4)c(=O)n23)cc1. The normalized spacial score (nSPS) is 10.8. The lowest BCUT2D eigenvalue weighted by atomic mass is 10.1. The van der Waals surface area contributed by atoms with Gasteiger partial charge in [0.2, 0.25) is 0 Å². The second-order valence-corrected chi connectivity index (χ2v) is 6.74. The average molecular weight is 361 g/mol. The molecule has 128 valence electrons. The van der Waals surface area contributed by atoms with E-state index in [-0.39, 0.29) is 17.2 Å². The summed E-state index contributed by atoms with van der Waals surface area (Å²) in [6, 6.07) is 16.7. The number of hydrogen-bond donors (Lipinski definition) is 1. The zero-order valence-electron chi connectivity index (χ0n) is 14.0. The van der Waals surface area contributed by atoms with Crippen molar-refractivity contribution in [3.05, 3.63) is 87.7 Å². The van der Waals surface area contributed by atoms with E-state index in [4.69, 9.17) is 0 Å². The van der Waals surface area contributed by atoms with Gasteiger partial charge < -0.3 is 5.32 Å². The topological polar surface area (TPSA) is 63.5 Å². The average Bonchev–Trinajstić information content (AvgIpc) is 3.10. The van der Waals surface area contributed by atoms with Gasteiger partial charge >= 0.3 is 0 Å². The molecule has 0 saturated carbocycles. The highest BCUT2D eigenvalue weighted by Crippen LogP contribution is 2.24. The molecule has 0 bridgehead atoms. The first kappa shape index (κ1) is 16.2. The quantitative estimate of drug-likeness (QED) is 0.600. The molecule has 5 nitrogen and oxygen atoms in total. The molecule has 0 aliphatic carbocycles. The second kappa shape index (κ2) is 6.57. The predicted molar refractivity (Wildman–Crippen MR) is 104 cm³/mol. The number of nitrogens with zero attached hydrogens (tertiary/aromatic N) is 2. The van der Waals surface area contributed by atoms with Crippen LogP contribution in [0.1, 0.15) is 15.9 Å². The van der Waals surface area contributed by atoms with Gasteiger partial charge in [-0.3, -0.25) is 9.59 Å². The summed E-state index contributed by atoms with van der Waals surface area (Å²) in [5.74, 6) is -0.337. The summed E-state index contributed by atoms with van der Waals surface area (Å²) in [6.07, 6.45) is 1.41. The highest BCUT2D eigenvalue weighted by Gasteiger charge is 2.14. The first-order valence-corrected chi connectivity index (χ1v) is 8.94. The number of aryl methyl sites for hydroxylation is 1. The third kappa shape index (κ3) is 2.91. The van der Waals surface area contributed by atoms with E-state index in [9.17, 15) is 9.59 Å². The summed E-state index contributed by atoms with van der Waals surface area (Å²) >= 11 is 1.39. The monoisotopic (exact) mass is 361 g/mol. The molecule has 26 heavy (non-hydrogen) atoms. The number of anilines is 1. The number of benzene rings is 2. The van der Waals surface area contributed by atoms with Crippen LogP contribution in [0.15, 0.2) is 71.0 Å². The Balaban J connectivity index is 1.77. The maximum Gasteiger partial charge on any atom is 0.282 e. The molecule has 1 amide bonds. The summed E-state index contributed by atoms with van der Waals surface area (Å²) in [5, 5.41) is 4.57. The number of fused-ring (bicyclic) bond motifs is 1. The van der Waals surface area contributed by atoms with Crippen molar-refractivity contribution in [2.45, 2.75) is 6.92 Å². The lowest BCUT2D eigenvalue weighted by Gasteiger charge is -2.06. The molecule has 0 aliphatic rings. The molecule has 4 aromatic rings. The molecule has 4 rings (SSSR count). The Morgan fingerprint density at radius 2 is 1.81 bits per heavy atom. The third-order valence-corrected chi connectivity index (χ3v) is 4.92. The fourth-order valence-corrected chi connectivity index (χ4v) is 3.55. The van der Waals surface area contributed by atoms with Gasteiger partial charge in [-0.05, 0) is 24.6 Å². The standard InChI is InChI=1S/C20H15N3O2S/c1-13-7-9-14(10-8-13)17-12-26-20-21-11-16(19(25)23(17)20)22-18(24)15-5-3-2-4-6-15/h2-12H,1H3,(H,22,24). The van der Waals surface area contributed by atoms with Gasteiger partial charge in [0, 0.05) is 10.9 Å². The van der Waals surface area contributed by atoms with E-state index < -0.39 is 0 Å². The fourth-order valence-electron chi connectivity index (χ4n) is 2.69. The Labute approximate surface area is 153 Å². The molecule has 2 heterocycles. The number of aromatic nitrogens is 2. The van der Waals surface area contributed by atoms with Crippen LogP contribution >= 0.6 is 11.3 Å². The van der Waals surface area contributed by atoms with Gasteiger partial charge in [-0.2, -0.15) is 0 Å². The number of hydrogen-bond acceptors (Lipinski definition) is 4. The van der Waals surface area contributed by atoms with E-state index in [1.807, 2.05) is 42.6 Å². The van der Waals surface area contributed by atoms with Crippen molar-refractivity contribution < 1.29 is 4.79 Å². The molecule has 0 spiro atoms. The van der Waals surface area contributed by atoms with Crippen LogP contribution in [0, 0.1) is 6.92 Å². The molecule has 2 aromatic carbocycles. The number of carbonyl (C=O) groups excluding carboxylic acids is 1. The molecule has 0 aliphatic heterocycles. The van der Waals surface area contributed by atoms with Gasteiger partial charge in [0.15, 0.2) is 4.96 Å². The van der Waals surface area contributed by atoms with E-state index >= 15 is 0 Å². The molecule has 1 N–H and O–H groups in total. The smallest absolute Gasteiger partial charge is 0.282 e. The fraction of sp³-hybridized carbons (Fsp3) is 0.0500. The molecule has 0 fully saturated rings. The summed E-state index contributed by atoms with van der Waals surface area (Å²) in [5.41, 5.74) is 3.19. The first-order valence-electron chi connectivity index (χ1n) is 8.06. The maximum atomic E-state index is 12.9. The van der Waals surface area contributed by atoms with Crippen molar-refractivity contribution in [3.8, 4) is 11.3 Å². The Morgan fingerprint density at radius 1 is 1.08 bits per heavy atom. The zero-order chi connectivity index (χ0) is 18.1. The number of carbonyl (C=O) groups is 1. The van der Waals surface area contributed by atoms with E-state index in [1.165, 1.54) is 21.9 Å². The lowest BCUT2D eigenvalue weighted by Crippen LogP contribution is -2.23. The van der Waals surface area contributed by atoms with Gasteiger partial charge in [-0.15, -0.1) is 11.3 Å². The first-order chi connectivity index (χ1) is 12.6. The lowest BCUT2D eigenvalue weighted by molar-refractivity contribution is 0.102. The van der Waals surface area contributed by atoms with Crippen LogP contribution in [0.25, 0.3) is 16.2 Å². The minimum atomic E-state index is -0.337. The van der Waals surface area contributed by atoms with Gasteiger partial charge in [0.05, 0.1) is 11.9 Å². The Kier molecular flexibility index (Phi) is 4.10. The van der Waals surface area contributed by atoms with Crippen molar-refractivity contribution in [2.75, 3.05) is 5.32 Å². The summed E-state index contributed by atoms with van der Waals surface area (Å²) in [7, 11) is 0. The summed E-state index contributed by atoms with van der Waals surface area (Å²) < 4.78 is 1.54. The van der Waals surface area contributed by atoms with Gasteiger partial charge in [0.25, 0.3) is 11.5 Å². The number of thiazole rings is 1. The molecule has 0 atom stereocenters. The summed E-state index contributed by atoms with van der Waals surface area (Å²) in [4.78, 5) is 30.2. The Hall–Kier alpha value is -3.25. The van der Waals surface area contributed by atoms with Gasteiger partial charge in [-0.25, -0.2) is 9.38 Å². The second-order valence-electron chi connectivity index (χ2n) is 5.90. The minimum Gasteiger partial charge on any atom is -0.316 e. The van der Waals surface area contributed by atoms with Crippen molar-refractivity contribution in [2.24, 2.45) is 0 Å². The van der Waals surface area contributed by atoms with Crippen LogP contribution in [0.4, 0.5) is 5.69 Å². The number of amides is 1. The largest absolute Gasteiger partial charge is 0.316 e. The predicted octanol–water partition coefficient (Wildman–Crippen LogP) is 3.98. The van der Waals surface area contributed by atoms with Crippen molar-refractivity contribution in [1.82, 2.24) is 9.38 Å². The molecule has 0 radical (unpaired) electrons. The minimum absolute atomic E-state index is 0.156. The zero-order valence-corrected chi connectivity index (χ0v) is 14.8. The van der Waals surface area contributed by atoms with Crippen LogP contribution in [-0.2, 0) is 0 Å². The van der Waals surface area contributed by atoms with E-state index in [0.29, 0.717) is 10.5 Å². The third-order valence-electron chi connectivity index (χ3n) is 4.08. The molecular formula is C20H15N3O2S. The van der Waals surface area contributed by atoms with Crippen molar-refractivity contribution in [1.29, 1.82) is 0 Å². The Bertz CT molecular complexity index is 1150. The highest BCUT2D eigenvalue weighted by atomic mass is 32.1. The van der Waals surface area contributed by atoms with Gasteiger partial charge in [0.1, 0.15) is 5.69 Å². The van der Waals surface area contributed by atoms with E-state index in [0.717, 1.165) is 16.8 Å². The van der Waals surface area contributed by atoms with Crippen LogP contribution in [-0.4, -0.2) is 15.3 Å². The van der Waals surface area contributed by atoms with Gasteiger partial charge in [-0.1, -0.05) is 48.0 Å². The van der Waals surface area contributed by atoms with Crippen LogP contribution < -0.4 is 10.9 Å². The highest BCUT2D eigenvalue weighted by molar-refractivity contribution is 7.15. The van der Waals surface area contributed by atoms with Crippen LogP contribution in [0.3, 0.4) is 0 Å². The molecule has 0 unspecified atom stereocenters. The van der Waals surface area contributed by atoms with Crippen LogP contribution in [0.2, 0.25) is 0 Å². The van der Waals surface area contributed by atoms with E-state index in [2.05, 4.69) is 10.3 Å². The van der Waals surface area contributed by atoms with E-state index in [1.54, 1.807) is 24.3 Å². The molecule has 2 aromatic heterocycles. The van der Waals surface area contributed by atoms with Crippen LogP contribution in [0.5, 0.6) is 0 Å². The molecular weight excluding hydrogens is 346 g/mol. The molecule has 6 heteroatoms. The number of nitrogens with one attached hydrogen (secondary N) is 1. The Morgan fingerprint density at radius 3 is 2.54 bits per heavy atom. The summed E-state index contributed by atoms with van der Waals surface area (Å²) in [6.45, 7) is 2.01. The molecule has 0 saturated heterocycles. The maximum absolute atomic E-state index is 12.9.